The van der Waals surface area contributed by atoms with Gasteiger partial charge in [-0.05, 0) is 36.5 Å². The van der Waals surface area contributed by atoms with Gasteiger partial charge in [-0.3, -0.25) is 0 Å². The Balaban J connectivity index is 2.51. The summed E-state index contributed by atoms with van der Waals surface area (Å²) in [7, 11) is 0. The molecule has 0 bridgehead atoms. The van der Waals surface area contributed by atoms with Crippen LogP contribution >= 0.6 is 0 Å². The summed E-state index contributed by atoms with van der Waals surface area (Å²) < 4.78 is 0. The standard InChI is InChI=1S/C10H20N2O2/c1-7-3-9(6-14-11)4-10(5-12-13)8(7)2/h7-10H,3-6,11H2,1-2H3. The van der Waals surface area contributed by atoms with E-state index in [-0.39, 0.29) is 0 Å². The molecular formula is C10H20N2O2. The SMILES string of the molecule is CC1CC(CON)CC(CN=O)C1C. The highest BCUT2D eigenvalue weighted by Crippen LogP contribution is 2.37. The number of nitrogens with two attached hydrogens (primary N) is 1. The molecule has 0 aromatic heterocycles. The molecule has 1 aliphatic carbocycles. The molecule has 82 valence electrons. The predicted molar refractivity (Wildman–Crippen MR) is 55.3 cm³/mol. The Kier molecular flexibility index (Phi) is 4.48. The summed E-state index contributed by atoms with van der Waals surface area (Å²) in [6.45, 7) is 5.48. The molecule has 0 amide bonds. The summed E-state index contributed by atoms with van der Waals surface area (Å²) in [6, 6.07) is 0. The smallest absolute Gasteiger partial charge is 0.0842 e. The van der Waals surface area contributed by atoms with E-state index in [1.54, 1.807) is 0 Å². The van der Waals surface area contributed by atoms with Gasteiger partial charge in [0.25, 0.3) is 0 Å². The molecule has 4 nitrogen and oxygen atoms in total. The van der Waals surface area contributed by atoms with Gasteiger partial charge >= 0.3 is 0 Å². The molecule has 0 aromatic rings. The Morgan fingerprint density at radius 1 is 1.43 bits per heavy atom. The van der Waals surface area contributed by atoms with Gasteiger partial charge in [-0.15, -0.1) is 0 Å². The predicted octanol–water partition coefficient (Wildman–Crippen LogP) is 1.94. The van der Waals surface area contributed by atoms with E-state index in [9.17, 15) is 4.91 Å². The van der Waals surface area contributed by atoms with Crippen LogP contribution in [0.25, 0.3) is 0 Å². The summed E-state index contributed by atoms with van der Waals surface area (Å²) >= 11 is 0. The highest BCUT2D eigenvalue weighted by molar-refractivity contribution is 4.83. The topological polar surface area (TPSA) is 64.7 Å². The van der Waals surface area contributed by atoms with Crippen molar-refractivity contribution in [1.82, 2.24) is 0 Å². The van der Waals surface area contributed by atoms with Crippen LogP contribution < -0.4 is 5.90 Å². The molecule has 0 aliphatic heterocycles. The monoisotopic (exact) mass is 200 g/mol. The van der Waals surface area contributed by atoms with Gasteiger partial charge in [0, 0.05) is 0 Å². The molecule has 0 spiro atoms. The largest absolute Gasteiger partial charge is 0.304 e. The second kappa shape index (κ2) is 5.41. The first-order valence-electron chi connectivity index (χ1n) is 5.29. The van der Waals surface area contributed by atoms with Crippen LogP contribution in [0.3, 0.4) is 0 Å². The number of nitroso groups, excluding NO2 is 1. The van der Waals surface area contributed by atoms with Crippen molar-refractivity contribution in [3.8, 4) is 0 Å². The fraction of sp³-hybridized carbons (Fsp3) is 1.00. The van der Waals surface area contributed by atoms with Gasteiger partial charge in [-0.25, -0.2) is 5.90 Å². The molecule has 2 N–H and O–H groups in total. The van der Waals surface area contributed by atoms with Crippen molar-refractivity contribution < 1.29 is 4.84 Å². The minimum Gasteiger partial charge on any atom is -0.304 e. The molecule has 1 rings (SSSR count). The molecule has 4 heteroatoms. The lowest BCUT2D eigenvalue weighted by Gasteiger charge is -2.37. The fourth-order valence-electron chi connectivity index (χ4n) is 2.55. The maximum atomic E-state index is 10.3. The van der Waals surface area contributed by atoms with Crippen molar-refractivity contribution in [3.05, 3.63) is 4.91 Å². The quantitative estimate of drug-likeness (QED) is 0.557. The molecule has 1 aliphatic rings. The van der Waals surface area contributed by atoms with E-state index in [1.165, 1.54) is 0 Å². The van der Waals surface area contributed by atoms with Gasteiger partial charge in [-0.1, -0.05) is 19.0 Å². The zero-order valence-electron chi connectivity index (χ0n) is 8.98. The van der Waals surface area contributed by atoms with Crippen LogP contribution in [0.4, 0.5) is 0 Å². The Hall–Kier alpha value is -0.480. The van der Waals surface area contributed by atoms with Crippen LogP contribution in [0.15, 0.2) is 5.18 Å². The van der Waals surface area contributed by atoms with E-state index in [0.717, 1.165) is 12.8 Å². The van der Waals surface area contributed by atoms with Crippen molar-refractivity contribution in [1.29, 1.82) is 0 Å². The lowest BCUT2D eigenvalue weighted by Crippen LogP contribution is -2.33. The summed E-state index contributed by atoms with van der Waals surface area (Å²) in [5, 5.41) is 3.02. The number of rotatable bonds is 4. The zero-order chi connectivity index (χ0) is 10.6. The van der Waals surface area contributed by atoms with Crippen molar-refractivity contribution in [3.63, 3.8) is 0 Å². The van der Waals surface area contributed by atoms with Crippen molar-refractivity contribution >= 4 is 0 Å². The number of hydrogen-bond donors (Lipinski definition) is 1. The van der Waals surface area contributed by atoms with E-state index in [0.29, 0.717) is 36.8 Å². The Bertz CT molecular complexity index is 187. The summed E-state index contributed by atoms with van der Waals surface area (Å²) in [5.74, 6) is 7.20. The fourth-order valence-corrected chi connectivity index (χ4v) is 2.55. The van der Waals surface area contributed by atoms with E-state index < -0.39 is 0 Å². The first kappa shape index (κ1) is 11.6. The first-order chi connectivity index (χ1) is 6.69. The third kappa shape index (κ3) is 2.75. The number of nitrogens with zero attached hydrogens (tertiary/aromatic N) is 1. The van der Waals surface area contributed by atoms with Crippen LogP contribution in [0.5, 0.6) is 0 Å². The summed E-state index contributed by atoms with van der Waals surface area (Å²) in [4.78, 5) is 15.0. The highest BCUT2D eigenvalue weighted by Gasteiger charge is 2.32. The average Bonchev–Trinajstić information content (AvgIpc) is 2.14. The van der Waals surface area contributed by atoms with Crippen LogP contribution in [-0.4, -0.2) is 13.2 Å². The summed E-state index contributed by atoms with van der Waals surface area (Å²) in [6.07, 6.45) is 2.17. The van der Waals surface area contributed by atoms with Gasteiger partial charge in [-0.2, -0.15) is 4.91 Å². The maximum absolute atomic E-state index is 10.3. The summed E-state index contributed by atoms with van der Waals surface area (Å²) in [5.41, 5.74) is 0. The van der Waals surface area contributed by atoms with Crippen molar-refractivity contribution in [2.75, 3.05) is 13.2 Å². The van der Waals surface area contributed by atoms with Gasteiger partial charge in [0.05, 0.1) is 13.2 Å². The lowest BCUT2D eigenvalue weighted by molar-refractivity contribution is 0.0434. The van der Waals surface area contributed by atoms with Crippen LogP contribution in [0.2, 0.25) is 0 Å². The molecule has 1 saturated carbocycles. The van der Waals surface area contributed by atoms with E-state index in [2.05, 4.69) is 23.9 Å². The third-order valence-electron chi connectivity index (χ3n) is 3.62. The van der Waals surface area contributed by atoms with Crippen molar-refractivity contribution in [2.45, 2.75) is 26.7 Å². The minimum absolute atomic E-state index is 0.413. The van der Waals surface area contributed by atoms with Gasteiger partial charge in [0.15, 0.2) is 0 Å². The van der Waals surface area contributed by atoms with Crippen LogP contribution in [0.1, 0.15) is 26.7 Å². The molecule has 0 heterocycles. The van der Waals surface area contributed by atoms with E-state index in [1.807, 2.05) is 0 Å². The van der Waals surface area contributed by atoms with Crippen LogP contribution in [-0.2, 0) is 4.84 Å². The van der Waals surface area contributed by atoms with E-state index in [4.69, 9.17) is 5.90 Å². The Morgan fingerprint density at radius 2 is 2.14 bits per heavy atom. The molecule has 0 radical (unpaired) electrons. The van der Waals surface area contributed by atoms with Crippen molar-refractivity contribution in [2.24, 2.45) is 34.7 Å². The van der Waals surface area contributed by atoms with Gasteiger partial charge in [0.2, 0.25) is 0 Å². The molecule has 0 saturated heterocycles. The normalized spacial score (nSPS) is 38.2. The highest BCUT2D eigenvalue weighted by atomic mass is 16.6. The van der Waals surface area contributed by atoms with Crippen LogP contribution in [0, 0.1) is 28.6 Å². The third-order valence-corrected chi connectivity index (χ3v) is 3.62. The van der Waals surface area contributed by atoms with Gasteiger partial charge < -0.3 is 4.84 Å². The maximum Gasteiger partial charge on any atom is 0.0842 e. The molecule has 4 unspecified atom stereocenters. The second-order valence-corrected chi connectivity index (χ2v) is 4.58. The number of hydrogen-bond acceptors (Lipinski definition) is 4. The minimum atomic E-state index is 0.413. The second-order valence-electron chi connectivity index (χ2n) is 4.58. The molecule has 14 heavy (non-hydrogen) atoms. The lowest BCUT2D eigenvalue weighted by atomic mass is 9.69. The van der Waals surface area contributed by atoms with E-state index >= 15 is 0 Å². The molecule has 0 aromatic carbocycles. The Labute approximate surface area is 85.1 Å². The zero-order valence-corrected chi connectivity index (χ0v) is 8.98. The molecular weight excluding hydrogens is 180 g/mol. The molecule has 4 atom stereocenters. The Morgan fingerprint density at radius 3 is 2.71 bits per heavy atom. The van der Waals surface area contributed by atoms with Gasteiger partial charge in [0.1, 0.15) is 0 Å². The molecule has 1 fully saturated rings. The first-order valence-corrected chi connectivity index (χ1v) is 5.29. The average molecular weight is 200 g/mol.